The molecule has 0 bridgehead atoms. The van der Waals surface area contributed by atoms with E-state index >= 15 is 0 Å². The molecule has 1 saturated carbocycles. The molecule has 0 saturated heterocycles. The summed E-state index contributed by atoms with van der Waals surface area (Å²) < 4.78 is 0. The number of aliphatic hydroxyl groups is 1. The molecule has 1 fully saturated rings. The lowest BCUT2D eigenvalue weighted by Gasteiger charge is -2.38. The molecule has 4 aromatic carbocycles. The molecular formula is C38H45N3O2. The van der Waals surface area contributed by atoms with E-state index in [4.69, 9.17) is 0 Å². The molecule has 0 aliphatic heterocycles. The summed E-state index contributed by atoms with van der Waals surface area (Å²) in [5, 5.41) is 22.6. The van der Waals surface area contributed by atoms with E-state index in [9.17, 15) is 9.90 Å². The predicted molar refractivity (Wildman–Crippen MR) is 175 cm³/mol. The van der Waals surface area contributed by atoms with Gasteiger partial charge in [0.1, 0.15) is 5.60 Å². The Kier molecular flexibility index (Phi) is 10.6. The van der Waals surface area contributed by atoms with Crippen LogP contribution in [0.3, 0.4) is 0 Å². The third kappa shape index (κ3) is 8.13. The van der Waals surface area contributed by atoms with E-state index in [2.05, 4.69) is 53.2 Å². The quantitative estimate of drug-likeness (QED) is 0.145. The topological polar surface area (TPSA) is 73.4 Å². The highest BCUT2D eigenvalue weighted by Gasteiger charge is 2.41. The van der Waals surface area contributed by atoms with E-state index in [0.717, 1.165) is 55.3 Å². The molecule has 5 rings (SSSR count). The number of amides is 2. The molecule has 0 heterocycles. The van der Waals surface area contributed by atoms with Crippen molar-refractivity contribution >= 4 is 6.03 Å². The van der Waals surface area contributed by atoms with Crippen molar-refractivity contribution in [1.29, 1.82) is 0 Å². The predicted octanol–water partition coefficient (Wildman–Crippen LogP) is 7.13. The maximum atomic E-state index is 13.5. The Hall–Kier alpha value is -3.93. The van der Waals surface area contributed by atoms with Crippen LogP contribution in [0.25, 0.3) is 0 Å². The van der Waals surface area contributed by atoms with Crippen molar-refractivity contribution < 1.29 is 9.90 Å². The van der Waals surface area contributed by atoms with E-state index < -0.39 is 11.6 Å². The lowest BCUT2D eigenvalue weighted by atomic mass is 9.77. The highest BCUT2D eigenvalue weighted by Crippen LogP contribution is 2.35. The van der Waals surface area contributed by atoms with Gasteiger partial charge in [0.25, 0.3) is 0 Å². The Bertz CT molecular complexity index is 1330. The Morgan fingerprint density at radius 1 is 0.767 bits per heavy atom. The lowest BCUT2D eigenvalue weighted by molar-refractivity contribution is 0.0404. The summed E-state index contributed by atoms with van der Waals surface area (Å²) in [4.78, 5) is 13.5. The minimum Gasteiger partial charge on any atom is -0.378 e. The Balaban J connectivity index is 1.21. The second-order valence-electron chi connectivity index (χ2n) is 12.0. The summed E-state index contributed by atoms with van der Waals surface area (Å²) in [6, 6.07) is 39.6. The highest BCUT2D eigenvalue weighted by atomic mass is 16.3. The van der Waals surface area contributed by atoms with Crippen LogP contribution in [0, 0.1) is 5.92 Å². The summed E-state index contributed by atoms with van der Waals surface area (Å²) in [5.41, 5.74) is 2.44. The molecule has 4 N–H and O–H groups in total. The van der Waals surface area contributed by atoms with Gasteiger partial charge in [0.05, 0.1) is 6.04 Å². The van der Waals surface area contributed by atoms with Gasteiger partial charge in [-0.1, -0.05) is 121 Å². The van der Waals surface area contributed by atoms with Crippen molar-refractivity contribution in [2.24, 2.45) is 5.92 Å². The first-order chi connectivity index (χ1) is 21.0. The Morgan fingerprint density at radius 2 is 1.28 bits per heavy atom. The van der Waals surface area contributed by atoms with Crippen LogP contribution in [0.2, 0.25) is 0 Å². The summed E-state index contributed by atoms with van der Waals surface area (Å²) in [5.74, 6) is 0.670. The first-order valence-electron chi connectivity index (χ1n) is 15.7. The summed E-state index contributed by atoms with van der Waals surface area (Å²) in [6.45, 7) is 3.22. The van der Waals surface area contributed by atoms with E-state index in [0.29, 0.717) is 18.4 Å². The molecule has 224 valence electrons. The number of hydrogen-bond donors (Lipinski definition) is 4. The molecule has 0 aromatic heterocycles. The van der Waals surface area contributed by atoms with Gasteiger partial charge in [-0.2, -0.15) is 0 Å². The monoisotopic (exact) mass is 575 g/mol. The fourth-order valence-corrected chi connectivity index (χ4v) is 6.45. The molecular weight excluding hydrogens is 530 g/mol. The molecule has 4 aromatic rings. The average molecular weight is 576 g/mol. The van der Waals surface area contributed by atoms with Crippen LogP contribution in [0.15, 0.2) is 121 Å². The summed E-state index contributed by atoms with van der Waals surface area (Å²) in [7, 11) is 0. The van der Waals surface area contributed by atoms with Crippen LogP contribution in [-0.2, 0) is 12.0 Å². The molecule has 2 atom stereocenters. The SMILES string of the molecule is C[C@@H](NCC[C@H]1CC[C@H](NC(=O)N[C@H](Cc2ccccc2)C(O)(c2ccccc2)c2ccccc2)CC1)c1ccccc1. The first kappa shape index (κ1) is 30.5. The second kappa shape index (κ2) is 15.0. The molecule has 0 radical (unpaired) electrons. The van der Waals surface area contributed by atoms with E-state index in [1.165, 1.54) is 5.56 Å². The van der Waals surface area contributed by atoms with E-state index in [-0.39, 0.29) is 12.1 Å². The van der Waals surface area contributed by atoms with Gasteiger partial charge in [0, 0.05) is 12.1 Å². The Labute approximate surface area is 256 Å². The van der Waals surface area contributed by atoms with E-state index in [1.54, 1.807) is 0 Å². The average Bonchev–Trinajstić information content (AvgIpc) is 3.06. The smallest absolute Gasteiger partial charge is 0.315 e. The maximum Gasteiger partial charge on any atom is 0.315 e. The van der Waals surface area contributed by atoms with Crippen LogP contribution in [0.4, 0.5) is 4.79 Å². The van der Waals surface area contributed by atoms with E-state index in [1.807, 2.05) is 91.0 Å². The van der Waals surface area contributed by atoms with Gasteiger partial charge in [-0.3, -0.25) is 0 Å². The van der Waals surface area contributed by atoms with Crippen molar-refractivity contribution in [2.75, 3.05) is 6.54 Å². The second-order valence-corrected chi connectivity index (χ2v) is 12.0. The number of urea groups is 1. The maximum absolute atomic E-state index is 13.5. The van der Waals surface area contributed by atoms with Crippen LogP contribution in [0.5, 0.6) is 0 Å². The summed E-state index contributed by atoms with van der Waals surface area (Å²) in [6.07, 6.45) is 5.79. The largest absolute Gasteiger partial charge is 0.378 e. The normalized spacial score (nSPS) is 18.4. The van der Waals surface area contributed by atoms with Crippen LogP contribution < -0.4 is 16.0 Å². The third-order valence-electron chi connectivity index (χ3n) is 9.00. The zero-order valence-corrected chi connectivity index (χ0v) is 25.2. The van der Waals surface area contributed by atoms with Crippen LogP contribution in [-0.4, -0.2) is 29.8 Å². The molecule has 2 amide bonds. The fraction of sp³-hybridized carbons (Fsp3) is 0.342. The minimum absolute atomic E-state index is 0.131. The van der Waals surface area contributed by atoms with Crippen molar-refractivity contribution in [3.63, 3.8) is 0 Å². The number of benzene rings is 4. The molecule has 43 heavy (non-hydrogen) atoms. The highest BCUT2D eigenvalue weighted by molar-refractivity contribution is 5.75. The zero-order chi connectivity index (χ0) is 29.9. The van der Waals surface area contributed by atoms with Crippen molar-refractivity contribution in [2.45, 2.75) is 69.2 Å². The number of carbonyl (C=O) groups is 1. The lowest BCUT2D eigenvalue weighted by Crippen LogP contribution is -2.56. The number of nitrogens with one attached hydrogen (secondary N) is 3. The molecule has 5 heteroatoms. The van der Waals surface area contributed by atoms with Gasteiger partial charge >= 0.3 is 6.03 Å². The number of carbonyl (C=O) groups excluding carboxylic acids is 1. The summed E-state index contributed by atoms with van der Waals surface area (Å²) >= 11 is 0. The number of rotatable bonds is 12. The standard InChI is InChI=1S/C38H45N3O2/c1-29(32-16-8-3-9-17-32)39-27-26-30-22-24-35(25-23-30)40-37(42)41-36(28-31-14-6-2-7-15-31)38(43,33-18-10-4-11-19-33)34-20-12-5-13-21-34/h2-21,29-30,35-36,39,43H,22-28H2,1H3,(H2,40,41,42)/t29-,30-,35-,36-/m1/s1. The van der Waals surface area contributed by atoms with Crippen molar-refractivity contribution in [1.82, 2.24) is 16.0 Å². The third-order valence-corrected chi connectivity index (χ3v) is 9.00. The van der Waals surface area contributed by atoms with Crippen LogP contribution >= 0.6 is 0 Å². The van der Waals surface area contributed by atoms with Gasteiger partial charge < -0.3 is 21.1 Å². The van der Waals surface area contributed by atoms with Crippen LogP contribution in [0.1, 0.15) is 67.3 Å². The molecule has 0 spiro atoms. The van der Waals surface area contributed by atoms with Gasteiger partial charge in [-0.05, 0) is 80.2 Å². The minimum atomic E-state index is -1.42. The fourth-order valence-electron chi connectivity index (χ4n) is 6.45. The van der Waals surface area contributed by atoms with Gasteiger partial charge in [-0.25, -0.2) is 4.79 Å². The zero-order valence-electron chi connectivity index (χ0n) is 25.2. The Morgan fingerprint density at radius 3 is 1.84 bits per heavy atom. The molecule has 5 nitrogen and oxygen atoms in total. The van der Waals surface area contributed by atoms with Gasteiger partial charge in [0.15, 0.2) is 0 Å². The molecule has 0 unspecified atom stereocenters. The van der Waals surface area contributed by atoms with Gasteiger partial charge in [-0.15, -0.1) is 0 Å². The number of hydrogen-bond acceptors (Lipinski definition) is 3. The first-order valence-corrected chi connectivity index (χ1v) is 15.7. The van der Waals surface area contributed by atoms with Gasteiger partial charge in [0.2, 0.25) is 0 Å². The molecule has 1 aliphatic rings. The molecule has 1 aliphatic carbocycles. The van der Waals surface area contributed by atoms with Crippen molar-refractivity contribution in [3.8, 4) is 0 Å². The van der Waals surface area contributed by atoms with Crippen molar-refractivity contribution in [3.05, 3.63) is 144 Å².